The molecular weight excluding hydrogens is 260 g/mol. The van der Waals surface area contributed by atoms with E-state index in [1.54, 1.807) is 6.07 Å². The second-order valence-corrected chi connectivity index (χ2v) is 4.00. The molecule has 1 N–H and O–H groups in total. The minimum Gasteiger partial charge on any atom is -0.392 e. The van der Waals surface area contributed by atoms with Crippen molar-refractivity contribution in [3.05, 3.63) is 59.4 Å². The van der Waals surface area contributed by atoms with Crippen LogP contribution >= 0.6 is 0 Å². The van der Waals surface area contributed by atoms with Gasteiger partial charge in [0.1, 0.15) is 5.82 Å². The highest BCUT2D eigenvalue weighted by Crippen LogP contribution is 2.32. The number of hydrogen-bond acceptors (Lipinski definition) is 1. The maximum Gasteiger partial charge on any atom is 0.416 e. The highest BCUT2D eigenvalue weighted by molar-refractivity contribution is 5.67. The molecule has 1 nitrogen and oxygen atoms in total. The first-order valence-electron chi connectivity index (χ1n) is 5.49. The number of halogens is 4. The van der Waals surface area contributed by atoms with Crippen LogP contribution in [-0.4, -0.2) is 5.11 Å². The zero-order valence-corrected chi connectivity index (χ0v) is 9.71. The molecule has 0 radical (unpaired) electrons. The Bertz CT molecular complexity index is 573. The molecule has 19 heavy (non-hydrogen) atoms. The number of aliphatic hydroxyl groups is 1. The van der Waals surface area contributed by atoms with Crippen molar-refractivity contribution in [3.63, 3.8) is 0 Å². The van der Waals surface area contributed by atoms with E-state index in [0.29, 0.717) is 11.1 Å². The smallest absolute Gasteiger partial charge is 0.392 e. The van der Waals surface area contributed by atoms with Gasteiger partial charge in [-0.2, -0.15) is 13.2 Å². The summed E-state index contributed by atoms with van der Waals surface area (Å²) in [5, 5.41) is 9.12. The van der Waals surface area contributed by atoms with Crippen LogP contribution < -0.4 is 0 Å². The molecule has 0 bridgehead atoms. The van der Waals surface area contributed by atoms with Crippen LogP contribution in [0.2, 0.25) is 0 Å². The first-order chi connectivity index (χ1) is 8.93. The number of aliphatic hydroxyl groups excluding tert-OH is 1. The summed E-state index contributed by atoms with van der Waals surface area (Å²) in [5.41, 5.74) is 0.119. The van der Waals surface area contributed by atoms with Gasteiger partial charge in [-0.05, 0) is 29.3 Å². The molecule has 0 aliphatic rings. The molecule has 2 aromatic carbocycles. The Kier molecular flexibility index (Phi) is 3.57. The normalized spacial score (nSPS) is 11.6. The first-order valence-corrected chi connectivity index (χ1v) is 5.49. The molecule has 0 amide bonds. The fourth-order valence-electron chi connectivity index (χ4n) is 1.83. The van der Waals surface area contributed by atoms with Crippen LogP contribution in [0.25, 0.3) is 11.1 Å². The molecular formula is C14H10F4O. The van der Waals surface area contributed by atoms with Gasteiger partial charge in [-0.1, -0.05) is 24.3 Å². The van der Waals surface area contributed by atoms with Crippen molar-refractivity contribution >= 4 is 0 Å². The lowest BCUT2D eigenvalue weighted by molar-refractivity contribution is -0.137. The van der Waals surface area contributed by atoms with Crippen LogP contribution in [0.4, 0.5) is 17.6 Å². The van der Waals surface area contributed by atoms with Gasteiger partial charge in [-0.25, -0.2) is 4.39 Å². The molecule has 0 fully saturated rings. The SMILES string of the molecule is OCc1c(F)cccc1-c1ccc(C(F)(F)F)cc1. The van der Waals surface area contributed by atoms with Crippen LogP contribution in [0.15, 0.2) is 42.5 Å². The third-order valence-electron chi connectivity index (χ3n) is 2.80. The molecule has 100 valence electrons. The Morgan fingerprint density at radius 2 is 1.58 bits per heavy atom. The Labute approximate surface area is 107 Å². The van der Waals surface area contributed by atoms with Gasteiger partial charge >= 0.3 is 6.18 Å². The van der Waals surface area contributed by atoms with Gasteiger partial charge in [0, 0.05) is 5.56 Å². The maximum absolute atomic E-state index is 13.5. The average Bonchev–Trinajstić information content (AvgIpc) is 2.37. The van der Waals surface area contributed by atoms with E-state index < -0.39 is 24.2 Å². The fourth-order valence-corrected chi connectivity index (χ4v) is 1.83. The van der Waals surface area contributed by atoms with E-state index in [1.165, 1.54) is 24.3 Å². The van der Waals surface area contributed by atoms with E-state index >= 15 is 0 Å². The van der Waals surface area contributed by atoms with E-state index in [2.05, 4.69) is 0 Å². The summed E-state index contributed by atoms with van der Waals surface area (Å²) in [6.07, 6.45) is -4.40. The van der Waals surface area contributed by atoms with Gasteiger partial charge in [-0.15, -0.1) is 0 Å². The highest BCUT2D eigenvalue weighted by atomic mass is 19.4. The summed E-state index contributed by atoms with van der Waals surface area (Å²) in [5.74, 6) is -0.583. The van der Waals surface area contributed by atoms with Crippen LogP contribution in [0.3, 0.4) is 0 Å². The Balaban J connectivity index is 2.46. The molecule has 5 heteroatoms. The average molecular weight is 270 g/mol. The van der Waals surface area contributed by atoms with Gasteiger partial charge in [-0.3, -0.25) is 0 Å². The summed E-state index contributed by atoms with van der Waals surface area (Å²) in [4.78, 5) is 0. The summed E-state index contributed by atoms with van der Waals surface area (Å²) in [7, 11) is 0. The summed E-state index contributed by atoms with van der Waals surface area (Å²) < 4.78 is 50.8. The van der Waals surface area contributed by atoms with Crippen molar-refractivity contribution in [1.82, 2.24) is 0 Å². The molecule has 0 atom stereocenters. The van der Waals surface area contributed by atoms with Gasteiger partial charge in [0.25, 0.3) is 0 Å². The molecule has 0 saturated carbocycles. The molecule has 0 spiro atoms. The van der Waals surface area contributed by atoms with E-state index in [0.717, 1.165) is 12.1 Å². The number of rotatable bonds is 2. The Morgan fingerprint density at radius 1 is 0.947 bits per heavy atom. The molecule has 0 heterocycles. The monoisotopic (exact) mass is 270 g/mol. The largest absolute Gasteiger partial charge is 0.416 e. The van der Waals surface area contributed by atoms with Crippen molar-refractivity contribution in [3.8, 4) is 11.1 Å². The molecule has 0 unspecified atom stereocenters. The second-order valence-electron chi connectivity index (χ2n) is 4.00. The molecule has 2 rings (SSSR count). The third kappa shape index (κ3) is 2.76. The number of alkyl halides is 3. The summed E-state index contributed by atoms with van der Waals surface area (Å²) in [6, 6.07) is 8.58. The van der Waals surface area contributed by atoms with E-state index in [-0.39, 0.29) is 5.56 Å². The predicted octanol–water partition coefficient (Wildman–Crippen LogP) is 4.00. The predicted molar refractivity (Wildman–Crippen MR) is 62.8 cm³/mol. The molecule has 2 aromatic rings. The molecule has 0 aliphatic carbocycles. The second kappa shape index (κ2) is 5.01. The van der Waals surface area contributed by atoms with Crippen LogP contribution in [-0.2, 0) is 12.8 Å². The maximum atomic E-state index is 13.5. The quantitative estimate of drug-likeness (QED) is 0.818. The van der Waals surface area contributed by atoms with Crippen molar-refractivity contribution in [2.75, 3.05) is 0 Å². The fraction of sp³-hybridized carbons (Fsp3) is 0.143. The van der Waals surface area contributed by atoms with Crippen LogP contribution in [0.5, 0.6) is 0 Å². The summed E-state index contributed by atoms with van der Waals surface area (Å²) in [6.45, 7) is -0.511. The van der Waals surface area contributed by atoms with E-state index in [9.17, 15) is 17.6 Å². The number of hydrogen-bond donors (Lipinski definition) is 1. The standard InChI is InChI=1S/C14H10F4O/c15-13-3-1-2-11(12(13)8-19)9-4-6-10(7-5-9)14(16,17)18/h1-7,19H,8H2. The summed E-state index contributed by atoms with van der Waals surface area (Å²) >= 11 is 0. The van der Waals surface area contributed by atoms with Gasteiger partial charge in [0.05, 0.1) is 12.2 Å². The van der Waals surface area contributed by atoms with Crippen LogP contribution in [0, 0.1) is 5.82 Å². The van der Waals surface area contributed by atoms with Crippen LogP contribution in [0.1, 0.15) is 11.1 Å². The first kappa shape index (κ1) is 13.5. The zero-order valence-electron chi connectivity index (χ0n) is 9.71. The number of benzene rings is 2. The van der Waals surface area contributed by atoms with Crippen molar-refractivity contribution in [2.45, 2.75) is 12.8 Å². The van der Waals surface area contributed by atoms with Gasteiger partial charge < -0.3 is 5.11 Å². The van der Waals surface area contributed by atoms with Gasteiger partial charge in [0.15, 0.2) is 0 Å². The highest BCUT2D eigenvalue weighted by Gasteiger charge is 2.30. The van der Waals surface area contributed by atoms with E-state index in [1.807, 2.05) is 0 Å². The minimum absolute atomic E-state index is 0.0715. The lowest BCUT2D eigenvalue weighted by Gasteiger charge is -2.10. The molecule has 0 saturated heterocycles. The van der Waals surface area contributed by atoms with E-state index in [4.69, 9.17) is 5.11 Å². The Hall–Kier alpha value is -1.88. The van der Waals surface area contributed by atoms with Crippen molar-refractivity contribution in [2.24, 2.45) is 0 Å². The third-order valence-corrected chi connectivity index (χ3v) is 2.80. The van der Waals surface area contributed by atoms with Crippen molar-refractivity contribution < 1.29 is 22.7 Å². The Morgan fingerprint density at radius 3 is 2.11 bits per heavy atom. The van der Waals surface area contributed by atoms with Gasteiger partial charge in [0.2, 0.25) is 0 Å². The topological polar surface area (TPSA) is 20.2 Å². The lowest BCUT2D eigenvalue weighted by Crippen LogP contribution is -2.04. The van der Waals surface area contributed by atoms with Crippen molar-refractivity contribution in [1.29, 1.82) is 0 Å². The zero-order chi connectivity index (χ0) is 14.0. The lowest BCUT2D eigenvalue weighted by atomic mass is 9.98. The molecule has 0 aromatic heterocycles. The molecule has 0 aliphatic heterocycles. The minimum atomic E-state index is -4.40.